The van der Waals surface area contributed by atoms with Crippen LogP contribution in [0, 0.1) is 17.8 Å². The van der Waals surface area contributed by atoms with E-state index in [0.717, 1.165) is 19.3 Å². The third kappa shape index (κ3) is 3.42. The lowest BCUT2D eigenvalue weighted by Crippen LogP contribution is -2.67. The van der Waals surface area contributed by atoms with E-state index in [4.69, 9.17) is 9.47 Å². The van der Waals surface area contributed by atoms with Crippen LogP contribution in [-0.4, -0.2) is 66.2 Å². The predicted molar refractivity (Wildman–Crippen MR) is 111 cm³/mol. The molecule has 31 heavy (non-hydrogen) atoms. The Kier molecular flexibility index (Phi) is 5.02. The quantitative estimate of drug-likeness (QED) is 0.782. The summed E-state index contributed by atoms with van der Waals surface area (Å²) in [6, 6.07) is 7.35. The Bertz CT molecular complexity index is 897. The van der Waals surface area contributed by atoms with Crippen molar-refractivity contribution in [2.45, 2.75) is 38.3 Å². The van der Waals surface area contributed by atoms with Crippen LogP contribution in [0.25, 0.3) is 0 Å². The second-order valence-electron chi connectivity index (χ2n) is 9.03. The van der Waals surface area contributed by atoms with E-state index < -0.39 is 5.72 Å². The van der Waals surface area contributed by atoms with Gasteiger partial charge >= 0.3 is 6.09 Å². The summed E-state index contributed by atoms with van der Waals surface area (Å²) in [6.07, 6.45) is 3.01. The van der Waals surface area contributed by atoms with Crippen molar-refractivity contribution in [2.75, 3.05) is 32.8 Å². The fraction of sp³-hybridized carbons (Fsp3) is 0.609. The maximum Gasteiger partial charge on any atom is 0.409 e. The van der Waals surface area contributed by atoms with Crippen LogP contribution in [-0.2, 0) is 9.53 Å². The first-order valence-electron chi connectivity index (χ1n) is 11.3. The SMILES string of the molecule is CCOC(=O)N1CCN(C(=O)[C@@H]2C[C@H]3CC[C@@H]2C[C@@]32NC(=O)c3ccccc3O2)CC1. The minimum absolute atomic E-state index is 0.0452. The maximum atomic E-state index is 13.3. The molecule has 0 aromatic heterocycles. The van der Waals surface area contributed by atoms with Gasteiger partial charge in [0.2, 0.25) is 5.91 Å². The molecule has 0 unspecified atom stereocenters. The van der Waals surface area contributed by atoms with E-state index in [1.54, 1.807) is 17.9 Å². The first-order chi connectivity index (χ1) is 15.0. The Labute approximate surface area is 181 Å². The first-order valence-corrected chi connectivity index (χ1v) is 11.3. The molecule has 5 aliphatic rings. The minimum Gasteiger partial charge on any atom is -0.467 e. The summed E-state index contributed by atoms with van der Waals surface area (Å²) in [4.78, 5) is 41.5. The van der Waals surface area contributed by atoms with E-state index in [-0.39, 0.29) is 35.7 Å². The number of hydrogen-bond acceptors (Lipinski definition) is 5. The molecule has 1 spiro atoms. The molecule has 1 saturated heterocycles. The van der Waals surface area contributed by atoms with Gasteiger partial charge in [0, 0.05) is 44.4 Å². The number of nitrogens with one attached hydrogen (secondary N) is 1. The van der Waals surface area contributed by atoms with Gasteiger partial charge in [-0.05, 0) is 44.2 Å². The van der Waals surface area contributed by atoms with Crippen molar-refractivity contribution in [1.29, 1.82) is 0 Å². The van der Waals surface area contributed by atoms with Crippen molar-refractivity contribution in [2.24, 2.45) is 17.8 Å². The molecule has 0 radical (unpaired) electrons. The van der Waals surface area contributed by atoms with Crippen LogP contribution in [0.3, 0.4) is 0 Å². The molecule has 2 bridgehead atoms. The number of fused-ring (bicyclic) bond motifs is 3. The van der Waals surface area contributed by atoms with E-state index in [1.165, 1.54) is 0 Å². The zero-order chi connectivity index (χ0) is 21.6. The summed E-state index contributed by atoms with van der Waals surface area (Å²) in [5.74, 6) is 0.978. The van der Waals surface area contributed by atoms with E-state index in [2.05, 4.69) is 5.32 Å². The first kappa shape index (κ1) is 20.2. The average molecular weight is 428 g/mol. The van der Waals surface area contributed by atoms with Crippen molar-refractivity contribution in [1.82, 2.24) is 15.1 Å². The smallest absolute Gasteiger partial charge is 0.409 e. The molecule has 1 aromatic rings. The standard InChI is InChI=1S/C23H29N3O5/c1-2-30-22(29)26-11-9-25(10-12-26)21(28)18-13-16-8-7-15(18)14-23(16)24-20(27)17-5-3-4-6-19(17)31-23/h3-6,15-16,18H,2,7-14H2,1H3,(H,24,27)/t15-,16-,18-,23+/m1/s1. The lowest BCUT2D eigenvalue weighted by atomic mass is 9.59. The molecule has 3 saturated carbocycles. The third-order valence-electron chi connectivity index (χ3n) is 7.40. The molecular formula is C23H29N3O5. The van der Waals surface area contributed by atoms with Crippen LogP contribution in [0.1, 0.15) is 43.0 Å². The Morgan fingerprint density at radius 2 is 1.90 bits per heavy atom. The normalized spacial score (nSPS) is 31.6. The van der Waals surface area contributed by atoms with Gasteiger partial charge in [-0.25, -0.2) is 4.79 Å². The van der Waals surface area contributed by atoms with Gasteiger partial charge in [0.1, 0.15) is 5.75 Å². The molecule has 166 valence electrons. The number of rotatable bonds is 2. The average Bonchev–Trinajstić information content (AvgIpc) is 2.79. The van der Waals surface area contributed by atoms with Crippen LogP contribution in [0.5, 0.6) is 5.75 Å². The zero-order valence-corrected chi connectivity index (χ0v) is 17.8. The van der Waals surface area contributed by atoms with Gasteiger partial charge in [-0.3, -0.25) is 9.59 Å². The highest BCUT2D eigenvalue weighted by Crippen LogP contribution is 2.52. The molecule has 8 heteroatoms. The number of benzene rings is 1. The van der Waals surface area contributed by atoms with Crippen molar-refractivity contribution < 1.29 is 23.9 Å². The second kappa shape index (κ2) is 7.73. The largest absolute Gasteiger partial charge is 0.467 e. The molecule has 2 aliphatic heterocycles. The molecule has 8 nitrogen and oxygen atoms in total. The molecule has 4 fully saturated rings. The van der Waals surface area contributed by atoms with Crippen LogP contribution in [0.15, 0.2) is 24.3 Å². The number of hydrogen-bond donors (Lipinski definition) is 1. The highest BCUT2D eigenvalue weighted by molar-refractivity contribution is 5.98. The summed E-state index contributed by atoms with van der Waals surface area (Å²) in [6.45, 7) is 4.23. The van der Waals surface area contributed by atoms with Crippen molar-refractivity contribution in [3.8, 4) is 5.75 Å². The van der Waals surface area contributed by atoms with Crippen LogP contribution in [0.2, 0.25) is 0 Å². The Balaban J connectivity index is 1.25. The number of piperazine rings is 1. The summed E-state index contributed by atoms with van der Waals surface area (Å²) < 4.78 is 11.5. The van der Waals surface area contributed by atoms with Crippen molar-refractivity contribution in [3.05, 3.63) is 29.8 Å². The van der Waals surface area contributed by atoms with E-state index in [9.17, 15) is 14.4 Å². The van der Waals surface area contributed by atoms with Gasteiger partial charge in [0.25, 0.3) is 5.91 Å². The fourth-order valence-electron chi connectivity index (χ4n) is 5.82. The molecule has 3 aliphatic carbocycles. The molecule has 3 amide bonds. The summed E-state index contributed by atoms with van der Waals surface area (Å²) >= 11 is 0. The Morgan fingerprint density at radius 3 is 2.61 bits per heavy atom. The Hall–Kier alpha value is -2.77. The fourth-order valence-corrected chi connectivity index (χ4v) is 5.82. The van der Waals surface area contributed by atoms with Gasteiger partial charge in [-0.2, -0.15) is 0 Å². The number of nitrogens with zero attached hydrogens (tertiary/aromatic N) is 2. The van der Waals surface area contributed by atoms with Crippen LogP contribution in [0.4, 0.5) is 4.79 Å². The highest BCUT2D eigenvalue weighted by atomic mass is 16.6. The maximum absolute atomic E-state index is 13.3. The lowest BCUT2D eigenvalue weighted by molar-refractivity contribution is -0.156. The monoisotopic (exact) mass is 427 g/mol. The molecule has 4 atom stereocenters. The van der Waals surface area contributed by atoms with Gasteiger partial charge in [-0.1, -0.05) is 12.1 Å². The summed E-state index contributed by atoms with van der Waals surface area (Å²) in [5.41, 5.74) is -0.130. The van der Waals surface area contributed by atoms with Crippen LogP contribution < -0.4 is 10.1 Å². The summed E-state index contributed by atoms with van der Waals surface area (Å²) in [5, 5.41) is 3.14. The molecule has 1 aromatic carbocycles. The van der Waals surface area contributed by atoms with Crippen LogP contribution >= 0.6 is 0 Å². The molecular weight excluding hydrogens is 398 g/mol. The van der Waals surface area contributed by atoms with Gasteiger partial charge in [0.05, 0.1) is 12.2 Å². The highest BCUT2D eigenvalue weighted by Gasteiger charge is 2.57. The van der Waals surface area contributed by atoms with Crippen molar-refractivity contribution >= 4 is 17.9 Å². The Morgan fingerprint density at radius 1 is 1.16 bits per heavy atom. The molecule has 6 rings (SSSR count). The van der Waals surface area contributed by atoms with Gasteiger partial charge < -0.3 is 24.6 Å². The van der Waals surface area contributed by atoms with Gasteiger partial charge in [0.15, 0.2) is 5.72 Å². The minimum atomic E-state index is -0.701. The predicted octanol–water partition coefficient (Wildman–Crippen LogP) is 2.24. The topological polar surface area (TPSA) is 88.2 Å². The van der Waals surface area contributed by atoms with Gasteiger partial charge in [-0.15, -0.1) is 0 Å². The second-order valence-corrected chi connectivity index (χ2v) is 9.03. The molecule has 2 heterocycles. The van der Waals surface area contributed by atoms with E-state index in [1.807, 2.05) is 23.1 Å². The van der Waals surface area contributed by atoms with E-state index >= 15 is 0 Å². The number of amides is 3. The zero-order valence-electron chi connectivity index (χ0n) is 17.8. The van der Waals surface area contributed by atoms with E-state index in [0.29, 0.717) is 50.5 Å². The number of carbonyl (C=O) groups excluding carboxylic acids is 3. The third-order valence-corrected chi connectivity index (χ3v) is 7.40. The number of para-hydroxylation sites is 1. The summed E-state index contributed by atoms with van der Waals surface area (Å²) in [7, 11) is 0. The lowest BCUT2D eigenvalue weighted by Gasteiger charge is -2.55. The number of carbonyl (C=O) groups is 3. The number of ether oxygens (including phenoxy) is 2. The molecule has 1 N–H and O–H groups in total. The van der Waals surface area contributed by atoms with Crippen molar-refractivity contribution in [3.63, 3.8) is 0 Å².